The van der Waals surface area contributed by atoms with E-state index >= 15 is 0 Å². The molecule has 2 aromatic rings. The molecule has 0 amide bonds. The summed E-state index contributed by atoms with van der Waals surface area (Å²) in [5, 5.41) is 0. The van der Waals surface area contributed by atoms with Crippen LogP contribution in [0.4, 0.5) is 13.2 Å². The Hall–Kier alpha value is -2.37. The lowest BCUT2D eigenvalue weighted by Crippen LogP contribution is -2.18. The number of alkyl halides is 3. The zero-order chi connectivity index (χ0) is 13.8. The number of benzene rings is 1. The first kappa shape index (κ1) is 11.7. The molecule has 3 nitrogen and oxygen atoms in total. The van der Waals surface area contributed by atoms with E-state index < -0.39 is 29.3 Å². The van der Waals surface area contributed by atoms with Crippen LogP contribution in [0.1, 0.15) is 37.8 Å². The van der Waals surface area contributed by atoms with Crippen LogP contribution in [-0.4, -0.2) is 11.6 Å². The van der Waals surface area contributed by atoms with Gasteiger partial charge in [0.15, 0.2) is 11.5 Å². The first-order chi connectivity index (χ1) is 8.89. The average molecular weight is 266 g/mol. The lowest BCUT2D eigenvalue weighted by molar-refractivity contribution is -0.153. The Balaban J connectivity index is 2.24. The topological polar surface area (TPSA) is 47.3 Å². The average Bonchev–Trinajstić information content (AvgIpc) is 2.81. The molecule has 0 fully saturated rings. The van der Waals surface area contributed by atoms with Gasteiger partial charge >= 0.3 is 6.18 Å². The molecule has 0 radical (unpaired) electrons. The quantitative estimate of drug-likeness (QED) is 0.628. The summed E-state index contributed by atoms with van der Waals surface area (Å²) in [6.07, 6.45) is -4.73. The number of furan rings is 1. The molecule has 3 rings (SSSR count). The second kappa shape index (κ2) is 3.57. The second-order valence-electron chi connectivity index (χ2n) is 4.06. The van der Waals surface area contributed by atoms with Gasteiger partial charge in [0.1, 0.15) is 0 Å². The fourth-order valence-electron chi connectivity index (χ4n) is 2.01. The van der Waals surface area contributed by atoms with E-state index in [4.69, 9.17) is 0 Å². The predicted octanol–water partition coefficient (Wildman–Crippen LogP) is 3.07. The monoisotopic (exact) mass is 266 g/mol. The number of halogens is 3. The van der Waals surface area contributed by atoms with Crippen molar-refractivity contribution in [2.24, 2.45) is 0 Å². The molecule has 1 aromatic carbocycles. The molecule has 0 aliphatic heterocycles. The van der Waals surface area contributed by atoms with E-state index in [1.807, 2.05) is 0 Å². The summed E-state index contributed by atoms with van der Waals surface area (Å²) in [6.45, 7) is 0. The van der Waals surface area contributed by atoms with Gasteiger partial charge in [0.25, 0.3) is 0 Å². The van der Waals surface area contributed by atoms with Gasteiger partial charge in [-0.25, -0.2) is 0 Å². The van der Waals surface area contributed by atoms with Gasteiger partial charge in [-0.05, 0) is 0 Å². The molecule has 1 heterocycles. The number of carbonyl (C=O) groups is 2. The van der Waals surface area contributed by atoms with Crippen LogP contribution >= 0.6 is 0 Å². The van der Waals surface area contributed by atoms with Crippen LogP contribution in [0.5, 0.6) is 0 Å². The largest absolute Gasteiger partial charge is 0.449 e. The summed E-state index contributed by atoms with van der Waals surface area (Å²) < 4.78 is 42.1. The smallest absolute Gasteiger partial charge is 0.447 e. The molecule has 0 saturated heterocycles. The minimum Gasteiger partial charge on any atom is -0.447 e. The van der Waals surface area contributed by atoms with E-state index in [2.05, 4.69) is 4.42 Å². The maximum absolute atomic E-state index is 12.5. The lowest BCUT2D eigenvalue weighted by atomic mass is 9.89. The zero-order valence-electron chi connectivity index (χ0n) is 9.25. The normalized spacial score (nSPS) is 14.3. The van der Waals surface area contributed by atoms with Crippen LogP contribution in [-0.2, 0) is 6.18 Å². The second-order valence-corrected chi connectivity index (χ2v) is 4.06. The maximum Gasteiger partial charge on any atom is 0.449 e. The maximum atomic E-state index is 12.5. The molecule has 1 aromatic heterocycles. The van der Waals surface area contributed by atoms with Crippen molar-refractivity contribution in [2.45, 2.75) is 6.18 Å². The Bertz CT molecular complexity index is 658. The van der Waals surface area contributed by atoms with Gasteiger partial charge in [0, 0.05) is 17.2 Å². The van der Waals surface area contributed by atoms with Gasteiger partial charge < -0.3 is 4.42 Å². The van der Waals surface area contributed by atoms with E-state index in [9.17, 15) is 22.8 Å². The van der Waals surface area contributed by atoms with Crippen LogP contribution < -0.4 is 0 Å². The minimum absolute atomic E-state index is 0.0584. The third-order valence-corrected chi connectivity index (χ3v) is 2.88. The predicted molar refractivity (Wildman–Crippen MR) is 57.0 cm³/mol. The number of hydrogen-bond donors (Lipinski definition) is 0. The molecule has 0 bridgehead atoms. The van der Waals surface area contributed by atoms with Crippen molar-refractivity contribution in [3.05, 3.63) is 58.5 Å². The van der Waals surface area contributed by atoms with E-state index in [1.54, 1.807) is 6.07 Å². The Morgan fingerprint density at radius 3 is 2.05 bits per heavy atom. The van der Waals surface area contributed by atoms with Crippen molar-refractivity contribution in [1.29, 1.82) is 0 Å². The van der Waals surface area contributed by atoms with Crippen molar-refractivity contribution in [2.75, 3.05) is 0 Å². The summed E-state index contributed by atoms with van der Waals surface area (Å²) in [5.74, 6) is -3.23. The number of carbonyl (C=O) groups excluding carboxylic acids is 2. The van der Waals surface area contributed by atoms with Crippen molar-refractivity contribution >= 4 is 11.6 Å². The highest BCUT2D eigenvalue weighted by atomic mass is 19.4. The molecule has 0 unspecified atom stereocenters. The third kappa shape index (κ3) is 1.60. The fourth-order valence-corrected chi connectivity index (χ4v) is 2.01. The highest BCUT2D eigenvalue weighted by Crippen LogP contribution is 2.36. The summed E-state index contributed by atoms with van der Waals surface area (Å²) in [4.78, 5) is 24.0. The minimum atomic E-state index is -4.73. The van der Waals surface area contributed by atoms with E-state index in [1.165, 1.54) is 18.2 Å². The highest BCUT2D eigenvalue weighted by Gasteiger charge is 2.41. The molecule has 0 atom stereocenters. The van der Waals surface area contributed by atoms with Gasteiger partial charge in [0.05, 0.1) is 5.56 Å². The van der Waals surface area contributed by atoms with Crippen molar-refractivity contribution in [3.63, 3.8) is 0 Å². The van der Waals surface area contributed by atoms with E-state index in [-0.39, 0.29) is 16.7 Å². The Morgan fingerprint density at radius 1 is 0.895 bits per heavy atom. The number of fused-ring (bicyclic) bond motifs is 2. The number of ketones is 2. The van der Waals surface area contributed by atoms with Gasteiger partial charge in [-0.3, -0.25) is 9.59 Å². The van der Waals surface area contributed by atoms with Crippen molar-refractivity contribution < 1.29 is 27.2 Å². The molecule has 0 saturated carbocycles. The third-order valence-electron chi connectivity index (χ3n) is 2.88. The zero-order valence-corrected chi connectivity index (χ0v) is 9.25. The number of hydrogen-bond acceptors (Lipinski definition) is 3. The van der Waals surface area contributed by atoms with Gasteiger partial charge in [-0.15, -0.1) is 0 Å². The van der Waals surface area contributed by atoms with Crippen LogP contribution in [0.25, 0.3) is 0 Å². The van der Waals surface area contributed by atoms with Crippen LogP contribution in [0.3, 0.4) is 0 Å². The summed E-state index contributed by atoms with van der Waals surface area (Å²) >= 11 is 0. The van der Waals surface area contributed by atoms with Gasteiger partial charge in [0.2, 0.25) is 11.5 Å². The first-order valence-electron chi connectivity index (χ1n) is 5.29. The number of rotatable bonds is 0. The molecular formula is C13H5F3O3. The van der Waals surface area contributed by atoms with Crippen LogP contribution in [0.15, 0.2) is 34.7 Å². The summed E-state index contributed by atoms with van der Waals surface area (Å²) in [6, 6.07) is 6.43. The molecule has 1 aliphatic rings. The Morgan fingerprint density at radius 2 is 1.47 bits per heavy atom. The van der Waals surface area contributed by atoms with Gasteiger partial charge in [-0.2, -0.15) is 13.2 Å². The van der Waals surface area contributed by atoms with Crippen LogP contribution in [0, 0.1) is 0 Å². The summed E-state index contributed by atoms with van der Waals surface area (Å²) in [5.41, 5.74) is -0.186. The Kier molecular flexibility index (Phi) is 2.20. The molecule has 0 N–H and O–H groups in total. The SMILES string of the molecule is O=C1c2ccccc2C(=O)c2oc(C(F)(F)F)cc21. The molecule has 96 valence electrons. The van der Waals surface area contributed by atoms with Crippen LogP contribution in [0.2, 0.25) is 0 Å². The van der Waals surface area contributed by atoms with Crippen molar-refractivity contribution in [3.8, 4) is 0 Å². The standard InChI is InChI=1S/C13H5F3O3/c14-13(15,16)9-5-8-10(17)6-3-1-2-4-7(6)11(18)12(8)19-9/h1-5H. The molecule has 19 heavy (non-hydrogen) atoms. The van der Waals surface area contributed by atoms with E-state index in [0.29, 0.717) is 6.07 Å². The molecular weight excluding hydrogens is 261 g/mol. The Labute approximate surface area is 104 Å². The summed E-state index contributed by atoms with van der Waals surface area (Å²) in [7, 11) is 0. The molecule has 1 aliphatic carbocycles. The van der Waals surface area contributed by atoms with Gasteiger partial charge in [-0.1, -0.05) is 24.3 Å². The highest BCUT2D eigenvalue weighted by molar-refractivity contribution is 6.27. The van der Waals surface area contributed by atoms with Crippen molar-refractivity contribution in [1.82, 2.24) is 0 Å². The molecule has 0 spiro atoms. The lowest BCUT2D eigenvalue weighted by Gasteiger charge is -2.11. The first-order valence-corrected chi connectivity index (χ1v) is 5.29. The fraction of sp³-hybridized carbons (Fsp3) is 0.0769. The van der Waals surface area contributed by atoms with E-state index in [0.717, 1.165) is 0 Å². The molecule has 6 heteroatoms.